The highest BCUT2D eigenvalue weighted by Gasteiger charge is 2.38. The summed E-state index contributed by atoms with van der Waals surface area (Å²) in [5.74, 6) is 0.369. The number of benzene rings is 2. The number of aliphatic hydroxyl groups excluding tert-OH is 1. The van der Waals surface area contributed by atoms with Gasteiger partial charge in [0.25, 0.3) is 5.91 Å². The lowest BCUT2D eigenvalue weighted by molar-refractivity contribution is 0.0750. The Balaban J connectivity index is 1.78. The smallest absolute Gasteiger partial charge is 0.259 e. The molecule has 1 unspecified atom stereocenters. The van der Waals surface area contributed by atoms with E-state index in [0.29, 0.717) is 36.4 Å². The van der Waals surface area contributed by atoms with Gasteiger partial charge in [0.05, 0.1) is 11.6 Å². The number of ether oxygens (including phenoxy) is 1. The van der Waals surface area contributed by atoms with Crippen molar-refractivity contribution in [2.24, 2.45) is 0 Å². The first-order valence-corrected chi connectivity index (χ1v) is 8.87. The van der Waals surface area contributed by atoms with Gasteiger partial charge in [-0.25, -0.2) is 0 Å². The monoisotopic (exact) mass is 350 g/mol. The quantitative estimate of drug-likeness (QED) is 0.740. The van der Waals surface area contributed by atoms with Crippen molar-refractivity contribution in [2.75, 3.05) is 13.2 Å². The van der Waals surface area contributed by atoms with Crippen LogP contribution < -0.4 is 4.74 Å². The molecule has 26 heavy (non-hydrogen) atoms. The molecule has 0 spiro atoms. The molecule has 5 nitrogen and oxygen atoms in total. The van der Waals surface area contributed by atoms with Crippen LogP contribution >= 0.6 is 0 Å². The Morgan fingerprint density at radius 2 is 1.88 bits per heavy atom. The minimum absolute atomic E-state index is 0.146. The largest absolute Gasteiger partial charge is 0.488 e. The maximum Gasteiger partial charge on any atom is 0.259 e. The third-order valence-electron chi connectivity index (χ3n) is 4.56. The molecule has 2 aromatic rings. The average molecular weight is 350 g/mol. The Bertz CT molecular complexity index is 799. The molecule has 1 aliphatic heterocycles. The molecule has 1 amide bonds. The molecule has 1 atom stereocenters. The number of nitriles is 1. The van der Waals surface area contributed by atoms with Crippen molar-refractivity contribution < 1.29 is 14.6 Å². The van der Waals surface area contributed by atoms with Gasteiger partial charge in [0, 0.05) is 18.7 Å². The molecule has 0 saturated heterocycles. The van der Waals surface area contributed by atoms with Crippen molar-refractivity contribution in [1.82, 2.24) is 4.90 Å². The van der Waals surface area contributed by atoms with Crippen LogP contribution in [0.4, 0.5) is 0 Å². The zero-order chi connectivity index (χ0) is 18.4. The van der Waals surface area contributed by atoms with Crippen molar-refractivity contribution >= 4 is 5.91 Å². The fourth-order valence-electron chi connectivity index (χ4n) is 3.23. The van der Waals surface area contributed by atoms with Gasteiger partial charge >= 0.3 is 0 Å². The van der Waals surface area contributed by atoms with Crippen LogP contribution in [0, 0.1) is 11.3 Å². The van der Waals surface area contributed by atoms with Crippen LogP contribution in [0.2, 0.25) is 0 Å². The van der Waals surface area contributed by atoms with Gasteiger partial charge in [0.1, 0.15) is 18.4 Å². The Morgan fingerprint density at radius 3 is 2.62 bits per heavy atom. The van der Waals surface area contributed by atoms with Crippen LogP contribution in [0.3, 0.4) is 0 Å². The Kier molecular flexibility index (Phi) is 5.88. The summed E-state index contributed by atoms with van der Waals surface area (Å²) < 4.78 is 5.90. The number of fused-ring (bicyclic) bond motifs is 1. The van der Waals surface area contributed by atoms with Gasteiger partial charge in [-0.2, -0.15) is 5.26 Å². The molecular formula is C21H22N2O3. The predicted octanol–water partition coefficient (Wildman–Crippen LogP) is 3.45. The number of rotatable bonds is 8. The Hall–Kier alpha value is -2.84. The van der Waals surface area contributed by atoms with Gasteiger partial charge in [0.15, 0.2) is 0 Å². The lowest BCUT2D eigenvalue weighted by Gasteiger charge is -2.19. The lowest BCUT2D eigenvalue weighted by atomic mass is 10.0. The van der Waals surface area contributed by atoms with E-state index in [2.05, 4.69) is 6.07 Å². The molecule has 0 aliphatic carbocycles. The van der Waals surface area contributed by atoms with Crippen LogP contribution in [-0.4, -0.2) is 29.1 Å². The molecule has 0 saturated carbocycles. The highest BCUT2D eigenvalue weighted by Crippen LogP contribution is 2.38. The minimum Gasteiger partial charge on any atom is -0.488 e. The number of hydrogen-bond donors (Lipinski definition) is 1. The summed E-state index contributed by atoms with van der Waals surface area (Å²) in [7, 11) is 0. The van der Waals surface area contributed by atoms with E-state index < -0.39 is 6.04 Å². The van der Waals surface area contributed by atoms with Gasteiger partial charge in [-0.1, -0.05) is 42.5 Å². The van der Waals surface area contributed by atoms with Crippen molar-refractivity contribution in [3.8, 4) is 11.8 Å². The van der Waals surface area contributed by atoms with E-state index in [1.807, 2.05) is 42.5 Å². The third-order valence-corrected chi connectivity index (χ3v) is 4.56. The summed E-state index contributed by atoms with van der Waals surface area (Å²) in [5.41, 5.74) is 2.23. The van der Waals surface area contributed by atoms with E-state index >= 15 is 0 Å². The van der Waals surface area contributed by atoms with Crippen molar-refractivity contribution in [1.29, 1.82) is 5.26 Å². The second-order valence-corrected chi connectivity index (χ2v) is 6.31. The molecular weight excluding hydrogens is 328 g/mol. The van der Waals surface area contributed by atoms with Gasteiger partial charge in [-0.3, -0.25) is 4.79 Å². The number of carbonyl (C=O) groups excluding carboxylic acids is 1. The molecule has 0 aromatic heterocycles. The zero-order valence-corrected chi connectivity index (χ0v) is 14.6. The number of unbranched alkanes of at least 4 members (excludes halogenated alkanes) is 2. The SMILES string of the molecule is N#CC1c2cccc(OCc3ccccc3)c2C(=O)N1CCCCCO. The molecule has 1 N–H and O–H groups in total. The van der Waals surface area contributed by atoms with Crippen LogP contribution in [0.1, 0.15) is 46.8 Å². The van der Waals surface area contributed by atoms with Gasteiger partial charge in [0.2, 0.25) is 0 Å². The van der Waals surface area contributed by atoms with Crippen molar-refractivity contribution in [2.45, 2.75) is 31.9 Å². The first-order chi connectivity index (χ1) is 12.8. The van der Waals surface area contributed by atoms with E-state index in [-0.39, 0.29) is 12.5 Å². The summed E-state index contributed by atoms with van der Waals surface area (Å²) in [5, 5.41) is 18.5. The molecule has 134 valence electrons. The summed E-state index contributed by atoms with van der Waals surface area (Å²) in [6.07, 6.45) is 2.29. The Labute approximate surface area is 153 Å². The van der Waals surface area contributed by atoms with Gasteiger partial charge < -0.3 is 14.7 Å². The van der Waals surface area contributed by atoms with E-state index in [0.717, 1.165) is 18.4 Å². The summed E-state index contributed by atoms with van der Waals surface area (Å²) >= 11 is 0. The molecule has 0 fully saturated rings. The van der Waals surface area contributed by atoms with Crippen LogP contribution in [0.5, 0.6) is 5.75 Å². The minimum atomic E-state index is -0.577. The van der Waals surface area contributed by atoms with Crippen LogP contribution in [0.25, 0.3) is 0 Å². The van der Waals surface area contributed by atoms with Crippen LogP contribution in [0.15, 0.2) is 48.5 Å². The standard InChI is InChI=1S/C21H22N2O3/c22-14-18-17-10-7-11-19(26-15-16-8-3-1-4-9-16)20(17)21(25)23(18)12-5-2-6-13-24/h1,3-4,7-11,18,24H,2,5-6,12-13,15H2. The highest BCUT2D eigenvalue weighted by atomic mass is 16.5. The molecule has 0 bridgehead atoms. The Morgan fingerprint density at radius 1 is 1.08 bits per heavy atom. The maximum absolute atomic E-state index is 12.9. The normalized spacial score (nSPS) is 15.6. The lowest BCUT2D eigenvalue weighted by Crippen LogP contribution is -2.28. The second-order valence-electron chi connectivity index (χ2n) is 6.31. The van der Waals surface area contributed by atoms with Crippen molar-refractivity contribution in [3.05, 3.63) is 65.2 Å². The van der Waals surface area contributed by atoms with Crippen LogP contribution in [-0.2, 0) is 6.61 Å². The molecule has 0 radical (unpaired) electrons. The average Bonchev–Trinajstić information content (AvgIpc) is 2.96. The molecule has 2 aromatic carbocycles. The van der Waals surface area contributed by atoms with E-state index in [1.165, 1.54) is 0 Å². The van der Waals surface area contributed by atoms with Gasteiger partial charge in [-0.15, -0.1) is 0 Å². The summed E-state index contributed by atoms with van der Waals surface area (Å²) in [6.45, 7) is 1.02. The van der Waals surface area contributed by atoms with E-state index in [1.54, 1.807) is 11.0 Å². The number of amides is 1. The fraction of sp³-hybridized carbons (Fsp3) is 0.333. The van der Waals surface area contributed by atoms with E-state index in [4.69, 9.17) is 9.84 Å². The molecule has 1 aliphatic rings. The number of carbonyl (C=O) groups is 1. The first-order valence-electron chi connectivity index (χ1n) is 8.87. The number of nitrogens with zero attached hydrogens (tertiary/aromatic N) is 2. The second kappa shape index (κ2) is 8.50. The third kappa shape index (κ3) is 3.71. The zero-order valence-electron chi connectivity index (χ0n) is 14.6. The van der Waals surface area contributed by atoms with Gasteiger partial charge in [-0.05, 0) is 30.9 Å². The van der Waals surface area contributed by atoms with E-state index in [9.17, 15) is 10.1 Å². The van der Waals surface area contributed by atoms with Crippen molar-refractivity contribution in [3.63, 3.8) is 0 Å². The predicted molar refractivity (Wildman–Crippen MR) is 97.5 cm³/mol. The fourth-order valence-corrected chi connectivity index (χ4v) is 3.23. The summed E-state index contributed by atoms with van der Waals surface area (Å²) in [6, 6.07) is 16.9. The first kappa shape index (κ1) is 18.0. The summed E-state index contributed by atoms with van der Waals surface area (Å²) in [4.78, 5) is 14.5. The maximum atomic E-state index is 12.9. The number of hydrogen-bond acceptors (Lipinski definition) is 4. The number of aliphatic hydroxyl groups is 1. The molecule has 3 rings (SSSR count). The molecule has 1 heterocycles. The topological polar surface area (TPSA) is 73.6 Å². The highest BCUT2D eigenvalue weighted by molar-refractivity contribution is 6.02. The molecule has 5 heteroatoms.